The zero-order valence-electron chi connectivity index (χ0n) is 18.0. The first-order valence-electron chi connectivity index (χ1n) is 10.6. The van der Waals surface area contributed by atoms with Crippen molar-refractivity contribution in [3.05, 3.63) is 73.8 Å². The zero-order chi connectivity index (χ0) is 23.8. The normalized spacial score (nSPS) is 20.4. The molecular weight excluding hydrogens is 621 g/mol. The van der Waals surface area contributed by atoms with E-state index < -0.39 is 21.9 Å². The van der Waals surface area contributed by atoms with Gasteiger partial charge in [-0.3, -0.25) is 4.18 Å². The molecule has 0 saturated carbocycles. The Morgan fingerprint density at radius 2 is 1.82 bits per heavy atom. The molecule has 33 heavy (non-hydrogen) atoms. The second kappa shape index (κ2) is 9.79. The van der Waals surface area contributed by atoms with Crippen molar-refractivity contribution in [1.29, 1.82) is 0 Å². The predicted molar refractivity (Wildman–Crippen MR) is 142 cm³/mol. The standard InChI is InChI=1S/C24H25BrINO5S/c1-33(30,31)32-12-6-2-5-11-27-21-15-19(26)14-20(25)22(21)24(29,23(27)28)18-10-9-16-7-3-4-8-17(16)13-18/h3-4,7-10,13-15,23,28-29H,2,5-6,11-12H2,1H3. The Bertz CT molecular complexity index is 1290. The first-order chi connectivity index (χ1) is 15.6. The van der Waals surface area contributed by atoms with Crippen LogP contribution in [0.5, 0.6) is 0 Å². The number of halogens is 2. The van der Waals surface area contributed by atoms with Crippen LogP contribution in [0.3, 0.4) is 0 Å². The van der Waals surface area contributed by atoms with Gasteiger partial charge in [0.1, 0.15) is 0 Å². The van der Waals surface area contributed by atoms with E-state index >= 15 is 0 Å². The summed E-state index contributed by atoms with van der Waals surface area (Å²) in [6.07, 6.45) is 1.90. The second-order valence-electron chi connectivity index (χ2n) is 8.26. The lowest BCUT2D eigenvalue weighted by molar-refractivity contribution is -0.0387. The number of benzene rings is 3. The van der Waals surface area contributed by atoms with Gasteiger partial charge in [0.2, 0.25) is 0 Å². The lowest BCUT2D eigenvalue weighted by Crippen LogP contribution is -2.46. The first kappa shape index (κ1) is 24.9. The van der Waals surface area contributed by atoms with Crippen LogP contribution in [0.2, 0.25) is 0 Å². The van der Waals surface area contributed by atoms with Gasteiger partial charge in [-0.25, -0.2) is 0 Å². The number of fused-ring (bicyclic) bond motifs is 2. The molecule has 1 aliphatic heterocycles. The van der Waals surface area contributed by atoms with Crippen molar-refractivity contribution in [3.8, 4) is 0 Å². The molecule has 3 aromatic carbocycles. The van der Waals surface area contributed by atoms with Gasteiger partial charge in [0, 0.05) is 25.8 Å². The molecule has 1 aliphatic rings. The third kappa shape index (κ3) is 5.08. The van der Waals surface area contributed by atoms with E-state index in [1.54, 1.807) is 0 Å². The van der Waals surface area contributed by atoms with E-state index in [0.717, 1.165) is 37.2 Å². The summed E-state index contributed by atoms with van der Waals surface area (Å²) in [5.41, 5.74) is 0.443. The molecule has 0 aliphatic carbocycles. The highest BCUT2D eigenvalue weighted by Crippen LogP contribution is 2.51. The average molecular weight is 646 g/mol. The lowest BCUT2D eigenvalue weighted by atomic mass is 9.85. The second-order valence-corrected chi connectivity index (χ2v) is 12.0. The van der Waals surface area contributed by atoms with Crippen molar-refractivity contribution in [2.24, 2.45) is 0 Å². The molecule has 0 aromatic heterocycles. The predicted octanol–water partition coefficient (Wildman–Crippen LogP) is 4.73. The SMILES string of the molecule is CS(=O)(=O)OCCCCCN1c2cc(I)cc(Br)c2C(O)(c2ccc3ccccc3c2)C1O. The number of unbranched alkanes of at least 4 members (excludes halogenated alkanes) is 2. The van der Waals surface area contributed by atoms with E-state index in [-0.39, 0.29) is 6.61 Å². The van der Waals surface area contributed by atoms with Crippen LogP contribution in [0, 0.1) is 3.57 Å². The molecule has 6 nitrogen and oxygen atoms in total. The van der Waals surface area contributed by atoms with Crippen LogP contribution < -0.4 is 4.90 Å². The van der Waals surface area contributed by atoms with Gasteiger partial charge in [0.15, 0.2) is 11.8 Å². The van der Waals surface area contributed by atoms with Crippen molar-refractivity contribution in [3.63, 3.8) is 0 Å². The highest BCUT2D eigenvalue weighted by Gasteiger charge is 2.51. The Balaban J connectivity index is 1.63. The van der Waals surface area contributed by atoms with Crippen LogP contribution in [0.4, 0.5) is 5.69 Å². The third-order valence-corrected chi connectivity index (χ3v) is 7.77. The molecule has 0 fully saturated rings. The maximum atomic E-state index is 12.0. The summed E-state index contributed by atoms with van der Waals surface area (Å²) in [5.74, 6) is 0. The third-order valence-electron chi connectivity index (χ3n) is 5.92. The van der Waals surface area contributed by atoms with Gasteiger partial charge in [0.25, 0.3) is 10.1 Å². The van der Waals surface area contributed by atoms with Gasteiger partial charge in [-0.05, 0) is 76.4 Å². The molecule has 0 bridgehead atoms. The van der Waals surface area contributed by atoms with Gasteiger partial charge < -0.3 is 15.1 Å². The maximum Gasteiger partial charge on any atom is 0.264 e. The molecule has 2 N–H and O–H groups in total. The summed E-state index contributed by atoms with van der Waals surface area (Å²) >= 11 is 5.84. The number of hydrogen-bond acceptors (Lipinski definition) is 6. The van der Waals surface area contributed by atoms with Crippen LogP contribution >= 0.6 is 38.5 Å². The minimum Gasteiger partial charge on any atom is -0.375 e. The van der Waals surface area contributed by atoms with E-state index in [1.807, 2.05) is 59.5 Å². The van der Waals surface area contributed by atoms with Crippen molar-refractivity contribution >= 4 is 65.1 Å². The van der Waals surface area contributed by atoms with Gasteiger partial charge in [-0.1, -0.05) is 52.3 Å². The zero-order valence-corrected chi connectivity index (χ0v) is 22.6. The number of aliphatic hydroxyl groups excluding tert-OH is 1. The molecule has 9 heteroatoms. The molecule has 3 aromatic rings. The highest BCUT2D eigenvalue weighted by molar-refractivity contribution is 14.1. The van der Waals surface area contributed by atoms with E-state index in [9.17, 15) is 18.6 Å². The topological polar surface area (TPSA) is 87.1 Å². The first-order valence-corrected chi connectivity index (χ1v) is 14.3. The largest absolute Gasteiger partial charge is 0.375 e. The Kier molecular flexibility index (Phi) is 7.38. The Labute approximate surface area is 216 Å². The molecule has 0 radical (unpaired) electrons. The summed E-state index contributed by atoms with van der Waals surface area (Å²) in [7, 11) is -3.44. The minimum atomic E-state index is -3.44. The van der Waals surface area contributed by atoms with Crippen molar-refractivity contribution < 1.29 is 22.8 Å². The Morgan fingerprint density at radius 1 is 1.09 bits per heavy atom. The smallest absolute Gasteiger partial charge is 0.264 e. The highest BCUT2D eigenvalue weighted by atomic mass is 127. The number of anilines is 1. The van der Waals surface area contributed by atoms with Crippen molar-refractivity contribution in [2.45, 2.75) is 31.1 Å². The van der Waals surface area contributed by atoms with Gasteiger partial charge in [-0.15, -0.1) is 0 Å². The quantitative estimate of drug-likeness (QED) is 0.209. The summed E-state index contributed by atoms with van der Waals surface area (Å²) in [6.45, 7) is 0.651. The number of rotatable bonds is 8. The van der Waals surface area contributed by atoms with E-state index in [0.29, 0.717) is 30.5 Å². The van der Waals surface area contributed by atoms with Gasteiger partial charge >= 0.3 is 0 Å². The monoisotopic (exact) mass is 645 g/mol. The van der Waals surface area contributed by atoms with Crippen LogP contribution in [-0.4, -0.2) is 44.3 Å². The molecule has 0 saturated heterocycles. The minimum absolute atomic E-state index is 0.141. The summed E-state index contributed by atoms with van der Waals surface area (Å²) in [6, 6.07) is 17.6. The molecule has 176 valence electrons. The Morgan fingerprint density at radius 3 is 2.55 bits per heavy atom. The molecule has 0 amide bonds. The van der Waals surface area contributed by atoms with Crippen LogP contribution in [0.1, 0.15) is 30.4 Å². The maximum absolute atomic E-state index is 12.0. The van der Waals surface area contributed by atoms with E-state index in [2.05, 4.69) is 38.5 Å². The number of aliphatic hydroxyl groups is 2. The Hall–Kier alpha value is -1.24. The molecule has 2 atom stereocenters. The molecule has 1 heterocycles. The molecule has 2 unspecified atom stereocenters. The number of hydrogen-bond donors (Lipinski definition) is 2. The van der Waals surface area contributed by atoms with Crippen molar-refractivity contribution in [2.75, 3.05) is 24.3 Å². The molecular formula is C24H25BrINO5S. The average Bonchev–Trinajstić information content (AvgIpc) is 2.97. The number of nitrogens with zero attached hydrogens (tertiary/aromatic N) is 1. The molecule has 0 spiro atoms. The van der Waals surface area contributed by atoms with E-state index in [4.69, 9.17) is 4.18 Å². The van der Waals surface area contributed by atoms with Gasteiger partial charge in [-0.2, -0.15) is 8.42 Å². The fourth-order valence-corrected chi connectivity index (χ4v) is 6.59. The van der Waals surface area contributed by atoms with E-state index in [1.165, 1.54) is 0 Å². The fraction of sp³-hybridized carbons (Fsp3) is 0.333. The fourth-order valence-electron chi connectivity index (χ4n) is 4.38. The molecule has 4 rings (SSSR count). The summed E-state index contributed by atoms with van der Waals surface area (Å²) < 4.78 is 28.7. The van der Waals surface area contributed by atoms with Gasteiger partial charge in [0.05, 0.1) is 12.9 Å². The summed E-state index contributed by atoms with van der Waals surface area (Å²) in [4.78, 5) is 1.83. The van der Waals surface area contributed by atoms with Crippen LogP contribution in [0.15, 0.2) is 59.1 Å². The van der Waals surface area contributed by atoms with Crippen LogP contribution in [-0.2, 0) is 19.9 Å². The van der Waals surface area contributed by atoms with Crippen LogP contribution in [0.25, 0.3) is 10.8 Å². The lowest BCUT2D eigenvalue weighted by Gasteiger charge is -2.32. The van der Waals surface area contributed by atoms with Crippen molar-refractivity contribution in [1.82, 2.24) is 0 Å². The summed E-state index contributed by atoms with van der Waals surface area (Å²) in [5, 5.41) is 25.5.